The molecule has 1 N–H and O–H groups in total. The molecule has 0 unspecified atom stereocenters. The lowest BCUT2D eigenvalue weighted by Crippen LogP contribution is -2.46. The third-order valence-electron chi connectivity index (χ3n) is 4.16. The van der Waals surface area contributed by atoms with Gasteiger partial charge in [-0.25, -0.2) is 0 Å². The first kappa shape index (κ1) is 19.5. The number of ether oxygens (including phenoxy) is 2. The number of fused-ring (bicyclic) bond motifs is 1. The molecule has 1 fully saturated rings. The summed E-state index contributed by atoms with van der Waals surface area (Å²) in [5.74, 6) is -0.348. The van der Waals surface area contributed by atoms with Gasteiger partial charge in [0.05, 0.1) is 18.9 Å². The third kappa shape index (κ3) is 4.72. The first-order chi connectivity index (χ1) is 12.3. The highest BCUT2D eigenvalue weighted by molar-refractivity contribution is 6.76. The van der Waals surface area contributed by atoms with Crippen LogP contribution in [0.1, 0.15) is 0 Å². The van der Waals surface area contributed by atoms with Crippen molar-refractivity contribution in [2.75, 3.05) is 56.2 Å². The minimum Gasteiger partial charge on any atom is -0.482 e. The number of hydrogen-bond acceptors (Lipinski definition) is 5. The van der Waals surface area contributed by atoms with E-state index in [2.05, 4.69) is 10.2 Å². The molecule has 3 rings (SSSR count). The van der Waals surface area contributed by atoms with Gasteiger partial charge in [-0.1, -0.05) is 34.8 Å². The molecule has 2 heterocycles. The van der Waals surface area contributed by atoms with Crippen LogP contribution in [0.15, 0.2) is 18.2 Å². The van der Waals surface area contributed by atoms with Crippen LogP contribution in [0.4, 0.5) is 11.4 Å². The number of morpholine rings is 1. The smallest absolute Gasteiger partial charge is 0.276 e. The molecule has 142 valence electrons. The summed E-state index contributed by atoms with van der Waals surface area (Å²) < 4.78 is 8.73. The van der Waals surface area contributed by atoms with E-state index in [1.807, 2.05) is 0 Å². The van der Waals surface area contributed by atoms with E-state index in [0.717, 1.165) is 19.6 Å². The zero-order chi connectivity index (χ0) is 18.7. The molecule has 0 aromatic heterocycles. The highest BCUT2D eigenvalue weighted by atomic mass is 35.6. The largest absolute Gasteiger partial charge is 0.482 e. The minimum absolute atomic E-state index is 0.0179. The number of hydrogen-bond donors (Lipinski definition) is 1. The van der Waals surface area contributed by atoms with Crippen molar-refractivity contribution in [1.82, 2.24) is 4.90 Å². The van der Waals surface area contributed by atoms with E-state index < -0.39 is 9.70 Å². The number of carbonyl (C=O) groups excluding carboxylic acids is 2. The first-order valence-corrected chi connectivity index (χ1v) is 9.23. The molecule has 0 radical (unpaired) electrons. The van der Waals surface area contributed by atoms with E-state index in [1.165, 1.54) is 0 Å². The molecule has 7 nitrogen and oxygen atoms in total. The predicted octanol–water partition coefficient (Wildman–Crippen LogP) is 2.05. The number of rotatable bonds is 4. The van der Waals surface area contributed by atoms with Gasteiger partial charge in [0.1, 0.15) is 5.75 Å². The standard InChI is InChI=1S/C16H18Cl3N3O4/c17-16(18,19)15(24)20-11-1-2-13-12(9-11)22(14(23)10-26-13)4-3-21-5-7-25-8-6-21/h1-2,9H,3-8,10H2,(H,20,24). The quantitative estimate of drug-likeness (QED) is 0.752. The van der Waals surface area contributed by atoms with E-state index >= 15 is 0 Å². The molecule has 26 heavy (non-hydrogen) atoms. The molecular formula is C16H18Cl3N3O4. The van der Waals surface area contributed by atoms with Crippen LogP contribution in [0.25, 0.3) is 0 Å². The summed E-state index contributed by atoms with van der Waals surface area (Å²) in [4.78, 5) is 28.1. The monoisotopic (exact) mass is 421 g/mol. The Hall–Kier alpha value is -1.25. The Labute approximate surface area is 166 Å². The van der Waals surface area contributed by atoms with Crippen molar-refractivity contribution >= 4 is 58.0 Å². The highest BCUT2D eigenvalue weighted by Gasteiger charge is 2.31. The van der Waals surface area contributed by atoms with Crippen LogP contribution in [0.2, 0.25) is 0 Å². The maximum Gasteiger partial charge on any atom is 0.276 e. The summed E-state index contributed by atoms with van der Waals surface area (Å²) in [6.07, 6.45) is 0. The molecule has 2 aliphatic rings. The van der Waals surface area contributed by atoms with E-state index in [-0.39, 0.29) is 12.5 Å². The lowest BCUT2D eigenvalue weighted by Gasteiger charge is -2.33. The van der Waals surface area contributed by atoms with Gasteiger partial charge in [0, 0.05) is 31.9 Å². The van der Waals surface area contributed by atoms with Gasteiger partial charge in [0.15, 0.2) is 6.61 Å². The van der Waals surface area contributed by atoms with Crippen LogP contribution in [-0.4, -0.2) is 66.5 Å². The molecule has 1 aromatic carbocycles. The van der Waals surface area contributed by atoms with Gasteiger partial charge in [0.2, 0.25) is 0 Å². The number of nitrogens with zero attached hydrogens (tertiary/aromatic N) is 2. The summed E-state index contributed by atoms with van der Waals surface area (Å²) in [5, 5.41) is 2.52. The summed E-state index contributed by atoms with van der Waals surface area (Å²) >= 11 is 16.7. The van der Waals surface area contributed by atoms with Crippen molar-refractivity contribution in [2.24, 2.45) is 0 Å². The average molecular weight is 423 g/mol. The summed E-state index contributed by atoms with van der Waals surface area (Å²) in [7, 11) is 0. The lowest BCUT2D eigenvalue weighted by molar-refractivity contribution is -0.121. The summed E-state index contributed by atoms with van der Waals surface area (Å²) in [6.45, 7) is 4.28. The molecule has 1 aromatic rings. The molecule has 10 heteroatoms. The van der Waals surface area contributed by atoms with Crippen molar-refractivity contribution in [3.63, 3.8) is 0 Å². The first-order valence-electron chi connectivity index (χ1n) is 8.10. The van der Waals surface area contributed by atoms with Crippen LogP contribution in [0, 0.1) is 0 Å². The van der Waals surface area contributed by atoms with Crippen molar-refractivity contribution in [1.29, 1.82) is 0 Å². The van der Waals surface area contributed by atoms with Crippen LogP contribution < -0.4 is 15.0 Å². The van der Waals surface area contributed by atoms with E-state index in [4.69, 9.17) is 44.3 Å². The lowest BCUT2D eigenvalue weighted by atomic mass is 10.2. The normalized spacial score (nSPS) is 18.3. The molecular weight excluding hydrogens is 405 g/mol. The van der Waals surface area contributed by atoms with Crippen molar-refractivity contribution in [2.45, 2.75) is 3.79 Å². The highest BCUT2D eigenvalue weighted by Crippen LogP contribution is 2.35. The number of benzene rings is 1. The number of carbonyl (C=O) groups is 2. The van der Waals surface area contributed by atoms with E-state index in [1.54, 1.807) is 23.1 Å². The van der Waals surface area contributed by atoms with Crippen molar-refractivity contribution in [3.8, 4) is 5.75 Å². The van der Waals surface area contributed by atoms with E-state index in [9.17, 15) is 9.59 Å². The molecule has 0 saturated carbocycles. The molecule has 1 saturated heterocycles. The summed E-state index contributed by atoms with van der Waals surface area (Å²) in [5.41, 5.74) is 0.992. The fourth-order valence-electron chi connectivity index (χ4n) is 2.79. The molecule has 0 bridgehead atoms. The number of alkyl halides is 3. The van der Waals surface area contributed by atoms with E-state index in [0.29, 0.717) is 36.9 Å². The number of amides is 2. The van der Waals surface area contributed by atoms with Gasteiger partial charge in [0.25, 0.3) is 15.6 Å². The van der Waals surface area contributed by atoms with Crippen molar-refractivity contribution < 1.29 is 19.1 Å². The second-order valence-electron chi connectivity index (χ2n) is 5.92. The summed E-state index contributed by atoms with van der Waals surface area (Å²) in [6, 6.07) is 4.95. The Morgan fingerprint density at radius 2 is 1.92 bits per heavy atom. The zero-order valence-corrected chi connectivity index (χ0v) is 16.1. The SMILES string of the molecule is O=C1COc2ccc(NC(=O)C(Cl)(Cl)Cl)cc2N1CCN1CCOCC1. The van der Waals surface area contributed by atoms with Gasteiger partial charge in [-0.2, -0.15) is 0 Å². The van der Waals surface area contributed by atoms with Gasteiger partial charge in [-0.3, -0.25) is 14.5 Å². The van der Waals surface area contributed by atoms with Crippen LogP contribution in [-0.2, 0) is 14.3 Å². The molecule has 2 aliphatic heterocycles. The average Bonchev–Trinajstić information content (AvgIpc) is 2.61. The van der Waals surface area contributed by atoms with Crippen LogP contribution in [0.3, 0.4) is 0 Å². The maximum atomic E-state index is 12.3. The topological polar surface area (TPSA) is 71.1 Å². The minimum atomic E-state index is -2.07. The fourth-order valence-corrected chi connectivity index (χ4v) is 2.93. The molecule has 2 amide bonds. The fraction of sp³-hybridized carbons (Fsp3) is 0.500. The third-order valence-corrected chi connectivity index (χ3v) is 4.68. The van der Waals surface area contributed by atoms with Gasteiger partial charge < -0.3 is 19.7 Å². The Morgan fingerprint density at radius 1 is 1.19 bits per heavy atom. The Bertz CT molecular complexity index is 690. The zero-order valence-electron chi connectivity index (χ0n) is 13.8. The van der Waals surface area contributed by atoms with Crippen LogP contribution in [0.5, 0.6) is 5.75 Å². The Balaban J connectivity index is 1.74. The van der Waals surface area contributed by atoms with Crippen molar-refractivity contribution in [3.05, 3.63) is 18.2 Å². The Kier molecular flexibility index (Phi) is 6.14. The predicted molar refractivity (Wildman–Crippen MR) is 100 cm³/mol. The molecule has 0 spiro atoms. The Morgan fingerprint density at radius 3 is 2.62 bits per heavy atom. The number of nitrogens with one attached hydrogen (secondary N) is 1. The maximum absolute atomic E-state index is 12.3. The van der Waals surface area contributed by atoms with Gasteiger partial charge in [-0.15, -0.1) is 0 Å². The molecule has 0 atom stereocenters. The number of anilines is 2. The second kappa shape index (κ2) is 8.19. The van der Waals surface area contributed by atoms with Gasteiger partial charge in [-0.05, 0) is 18.2 Å². The van der Waals surface area contributed by atoms with Gasteiger partial charge >= 0.3 is 0 Å². The van der Waals surface area contributed by atoms with Crippen LogP contribution >= 0.6 is 34.8 Å². The second-order valence-corrected chi connectivity index (χ2v) is 8.20. The molecule has 0 aliphatic carbocycles. The number of halogens is 3.